The van der Waals surface area contributed by atoms with E-state index in [1.165, 1.54) is 4.90 Å². The number of hydrogen-bond acceptors (Lipinski definition) is 10. The van der Waals surface area contributed by atoms with Crippen LogP contribution in [-0.2, 0) is 44.8 Å². The van der Waals surface area contributed by atoms with Crippen molar-refractivity contribution < 1.29 is 58.5 Å². The lowest BCUT2D eigenvalue weighted by atomic mass is 9.94. The van der Waals surface area contributed by atoms with Crippen molar-refractivity contribution >= 4 is 76.9 Å². The third-order valence-electron chi connectivity index (χ3n) is 9.74. The molecule has 59 heavy (non-hydrogen) atoms. The van der Waals surface area contributed by atoms with Gasteiger partial charge in [0.25, 0.3) is 0 Å². The predicted octanol–water partition coefficient (Wildman–Crippen LogP) is 0.403. The summed E-state index contributed by atoms with van der Waals surface area (Å²) < 4.78 is 0. The largest absolute Gasteiger partial charge is 0.481 e. The summed E-state index contributed by atoms with van der Waals surface area (Å²) in [7, 11) is 0. The molecular weight excluding hydrogens is 791 g/mol. The van der Waals surface area contributed by atoms with Gasteiger partial charge in [0, 0.05) is 51.4 Å². The molecule has 3 rings (SSSR count). The fraction of sp³-hybridized carbons (Fsp3) is 0.513. The van der Waals surface area contributed by atoms with Gasteiger partial charge in [0.2, 0.25) is 29.5 Å². The van der Waals surface area contributed by atoms with Crippen molar-refractivity contribution in [2.24, 2.45) is 5.92 Å². The molecule has 19 nitrogen and oxygen atoms in total. The lowest BCUT2D eigenvalue weighted by Crippen LogP contribution is -2.56. The fourth-order valence-electron chi connectivity index (χ4n) is 6.40. The second-order valence-corrected chi connectivity index (χ2v) is 14.4. The zero-order valence-electron chi connectivity index (χ0n) is 32.7. The number of aliphatic carboxylic acids is 3. The molecule has 2 aromatic carbocycles. The highest BCUT2D eigenvalue weighted by molar-refractivity contribution is 7.81. The summed E-state index contributed by atoms with van der Waals surface area (Å²) in [5.41, 5.74) is 0.788. The molecule has 0 radical (unpaired) electrons. The lowest BCUT2D eigenvalue weighted by Gasteiger charge is -2.34. The van der Waals surface area contributed by atoms with E-state index in [1.807, 2.05) is 42.5 Å². The summed E-state index contributed by atoms with van der Waals surface area (Å²) in [4.78, 5) is 112. The Hall–Kier alpha value is -5.92. The van der Waals surface area contributed by atoms with Crippen LogP contribution in [0.1, 0.15) is 63.9 Å². The van der Waals surface area contributed by atoms with Gasteiger partial charge in [0.15, 0.2) is 0 Å². The summed E-state index contributed by atoms with van der Waals surface area (Å²) in [5.74, 6) is -6.75. The molecule has 9 N–H and O–H groups in total. The maximum atomic E-state index is 13.6. The van der Waals surface area contributed by atoms with E-state index in [1.54, 1.807) is 6.92 Å². The van der Waals surface area contributed by atoms with Crippen LogP contribution in [0.2, 0.25) is 0 Å². The molecule has 0 aliphatic carbocycles. The number of rotatable bonds is 23. The highest BCUT2D eigenvalue weighted by atomic mass is 32.1. The smallest absolute Gasteiger partial charge is 0.326 e. The number of amides is 7. The van der Waals surface area contributed by atoms with Crippen LogP contribution in [0.4, 0.5) is 4.79 Å². The molecule has 7 amide bonds. The lowest BCUT2D eigenvalue weighted by molar-refractivity contribution is -0.141. The topological polar surface area (TPSA) is 290 Å². The number of unbranched alkanes of at least 4 members (excludes halogenated alkanes) is 1. The Morgan fingerprint density at radius 3 is 2.00 bits per heavy atom. The summed E-state index contributed by atoms with van der Waals surface area (Å²) >= 11 is 3.92. The number of likely N-dealkylation sites (tertiary alicyclic amines) is 1. The van der Waals surface area contributed by atoms with E-state index in [0.717, 1.165) is 16.3 Å². The van der Waals surface area contributed by atoms with Gasteiger partial charge in [0.05, 0.1) is 5.75 Å². The zero-order chi connectivity index (χ0) is 43.5. The van der Waals surface area contributed by atoms with Crippen molar-refractivity contribution in [2.75, 3.05) is 31.9 Å². The average Bonchev–Trinajstić information content (AvgIpc) is 3.21. The quantitative estimate of drug-likeness (QED) is 0.0538. The van der Waals surface area contributed by atoms with Gasteiger partial charge in [0.1, 0.15) is 24.2 Å². The number of piperidine rings is 1. The van der Waals surface area contributed by atoms with Crippen LogP contribution in [0, 0.1) is 5.92 Å². The van der Waals surface area contributed by atoms with Gasteiger partial charge in [-0.2, -0.15) is 12.6 Å². The Labute approximate surface area is 346 Å². The van der Waals surface area contributed by atoms with Crippen molar-refractivity contribution in [3.63, 3.8) is 0 Å². The number of carbonyl (C=O) groups excluding carboxylic acids is 6. The maximum absolute atomic E-state index is 13.6. The molecular formula is C39H53N7O12S. The molecule has 1 fully saturated rings. The van der Waals surface area contributed by atoms with Gasteiger partial charge >= 0.3 is 23.9 Å². The van der Waals surface area contributed by atoms with E-state index in [4.69, 9.17) is 5.11 Å². The Bertz CT molecular complexity index is 1840. The minimum Gasteiger partial charge on any atom is -0.481 e. The summed E-state index contributed by atoms with van der Waals surface area (Å²) in [6.45, 7) is 2.03. The first kappa shape index (κ1) is 47.5. The third-order valence-corrected chi connectivity index (χ3v) is 10.0. The number of nitrogens with zero attached hydrogens (tertiary/aromatic N) is 1. The highest BCUT2D eigenvalue weighted by Gasteiger charge is 2.33. The number of carbonyl (C=O) groups is 9. The molecule has 0 bridgehead atoms. The molecule has 1 aliphatic heterocycles. The Balaban J connectivity index is 1.60. The molecule has 0 spiro atoms. The van der Waals surface area contributed by atoms with Crippen LogP contribution < -0.4 is 31.9 Å². The van der Waals surface area contributed by atoms with Gasteiger partial charge in [-0.15, -0.1) is 0 Å². The van der Waals surface area contributed by atoms with Gasteiger partial charge < -0.3 is 52.1 Å². The maximum Gasteiger partial charge on any atom is 0.326 e. The monoisotopic (exact) mass is 843 g/mol. The number of hydrogen-bond donors (Lipinski definition) is 10. The molecule has 4 unspecified atom stereocenters. The number of benzene rings is 2. The predicted molar refractivity (Wildman–Crippen MR) is 216 cm³/mol. The van der Waals surface area contributed by atoms with Crippen LogP contribution in [0.25, 0.3) is 10.8 Å². The van der Waals surface area contributed by atoms with Crippen molar-refractivity contribution in [3.05, 3.63) is 48.0 Å². The van der Waals surface area contributed by atoms with Crippen LogP contribution in [0.5, 0.6) is 0 Å². The van der Waals surface area contributed by atoms with Crippen LogP contribution >= 0.6 is 12.6 Å². The Morgan fingerprint density at radius 1 is 0.746 bits per heavy atom. The van der Waals surface area contributed by atoms with Crippen LogP contribution in [0.3, 0.4) is 0 Å². The molecule has 0 saturated carbocycles. The number of carboxylic acid groups (broad SMARTS) is 3. The summed E-state index contributed by atoms with van der Waals surface area (Å²) in [5, 5.41) is 44.8. The number of urea groups is 1. The van der Waals surface area contributed by atoms with Gasteiger partial charge in [-0.05, 0) is 54.9 Å². The molecule has 1 saturated heterocycles. The average molecular weight is 844 g/mol. The standard InChI is InChI=1S/C39H53N7O12S/c1-2-31(47)42-30(21-41-32(48)22-59)36(53)46-17-14-25(15-18-46)34(51)43-29(20-23-10-11-24-7-3-4-8-26(24)19-23)35(52)40-16-6-5-9-27(37(54)55)44-39(58)45-28(38(56)57)12-13-33(49)50/h3-4,7-8,10-11,19,25,27-30,59H,2,5-6,9,12-18,20-22H2,1H3,(H,40,52)(H,41,48)(H,42,47)(H,43,51)(H,49,50)(H,54,55)(H,56,57)(H2,44,45,58). The van der Waals surface area contributed by atoms with E-state index in [-0.39, 0.29) is 88.7 Å². The zero-order valence-corrected chi connectivity index (χ0v) is 33.6. The fourth-order valence-corrected chi connectivity index (χ4v) is 6.51. The van der Waals surface area contributed by atoms with E-state index in [2.05, 4.69) is 44.5 Å². The van der Waals surface area contributed by atoms with Gasteiger partial charge in [-0.1, -0.05) is 49.4 Å². The first-order valence-corrected chi connectivity index (χ1v) is 20.0. The Morgan fingerprint density at radius 2 is 1.39 bits per heavy atom. The SMILES string of the molecule is CCC(=O)NC(CNC(=O)CS)C(=O)N1CCC(C(=O)NC(Cc2ccc3ccccc3c2)C(=O)NCCCCC(NC(=O)NC(CCC(=O)O)C(=O)O)C(=O)O)CC1. The molecule has 4 atom stereocenters. The highest BCUT2D eigenvalue weighted by Crippen LogP contribution is 2.20. The molecule has 1 heterocycles. The van der Waals surface area contributed by atoms with Crippen molar-refractivity contribution in [1.29, 1.82) is 0 Å². The number of carboxylic acids is 3. The minimum absolute atomic E-state index is 0.0695. The minimum atomic E-state index is -1.54. The van der Waals surface area contributed by atoms with E-state index in [0.29, 0.717) is 0 Å². The summed E-state index contributed by atoms with van der Waals surface area (Å²) in [6.07, 6.45) is 0.384. The molecule has 20 heteroatoms. The molecule has 2 aromatic rings. The number of thiol groups is 1. The third kappa shape index (κ3) is 16.1. The van der Waals surface area contributed by atoms with Crippen molar-refractivity contribution in [3.8, 4) is 0 Å². The van der Waals surface area contributed by atoms with E-state index >= 15 is 0 Å². The summed E-state index contributed by atoms with van der Waals surface area (Å²) in [6, 6.07) is 7.37. The number of nitrogens with one attached hydrogen (secondary N) is 6. The van der Waals surface area contributed by atoms with E-state index < -0.39 is 84.6 Å². The van der Waals surface area contributed by atoms with Crippen LogP contribution in [-0.4, -0.2) is 130 Å². The van der Waals surface area contributed by atoms with Crippen molar-refractivity contribution in [2.45, 2.75) is 88.9 Å². The first-order valence-electron chi connectivity index (χ1n) is 19.4. The molecule has 0 aromatic heterocycles. The van der Waals surface area contributed by atoms with Gasteiger partial charge in [-0.3, -0.25) is 28.8 Å². The van der Waals surface area contributed by atoms with Crippen molar-refractivity contribution in [1.82, 2.24) is 36.8 Å². The first-order chi connectivity index (χ1) is 28.1. The molecule has 1 aliphatic rings. The normalized spacial score (nSPS) is 14.8. The van der Waals surface area contributed by atoms with Gasteiger partial charge in [-0.25, -0.2) is 14.4 Å². The Kier molecular flexibility index (Phi) is 19.4. The van der Waals surface area contributed by atoms with E-state index in [9.17, 15) is 53.4 Å². The number of fused-ring (bicyclic) bond motifs is 1. The second-order valence-electron chi connectivity index (χ2n) is 14.1. The van der Waals surface area contributed by atoms with Crippen LogP contribution in [0.15, 0.2) is 42.5 Å². The second kappa shape index (κ2) is 24.1. The molecule has 322 valence electrons.